The average Bonchev–Trinajstić information content (AvgIpc) is 3.41. The van der Waals surface area contributed by atoms with Crippen LogP contribution in [0.15, 0.2) is 30.5 Å². The molecule has 6 heterocycles. The molecule has 7 heteroatoms. The first-order valence-corrected chi connectivity index (χ1v) is 10.4. The highest BCUT2D eigenvalue weighted by Gasteiger charge is 2.35. The SMILES string of the molecule is OCc1ccc(-c2ccc(-c3cn([C@H]4CN5CCC4CC5)nn3)s2)s1. The third-order valence-corrected chi connectivity index (χ3v) is 7.76. The van der Waals surface area contributed by atoms with Crippen molar-refractivity contribution in [3.63, 3.8) is 0 Å². The summed E-state index contributed by atoms with van der Waals surface area (Å²) >= 11 is 3.38. The second kappa shape index (κ2) is 6.32. The van der Waals surface area contributed by atoms with E-state index in [0.717, 1.165) is 27.9 Å². The summed E-state index contributed by atoms with van der Waals surface area (Å²) < 4.78 is 2.10. The Morgan fingerprint density at radius 3 is 2.52 bits per heavy atom. The van der Waals surface area contributed by atoms with Crippen molar-refractivity contribution < 1.29 is 5.11 Å². The van der Waals surface area contributed by atoms with Crippen molar-refractivity contribution in [2.45, 2.75) is 25.5 Å². The molecule has 0 spiro atoms. The lowest BCUT2D eigenvalue weighted by molar-refractivity contribution is 0.0504. The van der Waals surface area contributed by atoms with E-state index in [2.05, 4.69) is 44.3 Å². The number of aromatic nitrogens is 3. The van der Waals surface area contributed by atoms with E-state index in [1.165, 1.54) is 35.7 Å². The minimum absolute atomic E-state index is 0.108. The van der Waals surface area contributed by atoms with Crippen LogP contribution in [0.3, 0.4) is 0 Å². The highest BCUT2D eigenvalue weighted by molar-refractivity contribution is 7.23. The van der Waals surface area contributed by atoms with Gasteiger partial charge >= 0.3 is 0 Å². The van der Waals surface area contributed by atoms with Gasteiger partial charge in [-0.05, 0) is 56.1 Å². The fourth-order valence-electron chi connectivity index (χ4n) is 3.99. The molecule has 130 valence electrons. The summed E-state index contributed by atoms with van der Waals surface area (Å²) in [4.78, 5) is 7.12. The average molecular weight is 373 g/mol. The van der Waals surface area contributed by atoms with Crippen molar-refractivity contribution in [3.05, 3.63) is 35.3 Å². The minimum Gasteiger partial charge on any atom is -0.391 e. The first-order valence-electron chi connectivity index (χ1n) is 8.74. The van der Waals surface area contributed by atoms with Crippen LogP contribution in [0.5, 0.6) is 0 Å². The van der Waals surface area contributed by atoms with Gasteiger partial charge < -0.3 is 10.0 Å². The fraction of sp³-hybridized carbons (Fsp3) is 0.444. The standard InChI is InChI=1S/C18H20N4OS2/c23-11-13-1-2-17(24-13)18-4-3-16(25-18)14-9-22(20-19-14)15-10-21-7-5-12(15)6-8-21/h1-4,9,12,15,23H,5-8,10-11H2/t15-/m0/s1. The van der Waals surface area contributed by atoms with E-state index >= 15 is 0 Å². The molecular weight excluding hydrogens is 352 g/mol. The number of fused-ring (bicyclic) bond motifs is 3. The fourth-order valence-corrected chi connectivity index (χ4v) is 5.90. The summed E-state index contributed by atoms with van der Waals surface area (Å²) in [5.41, 5.74) is 0.964. The number of aliphatic hydroxyl groups excluding tert-OH is 1. The molecule has 3 aromatic heterocycles. The second-order valence-corrected chi connectivity index (χ2v) is 9.13. The van der Waals surface area contributed by atoms with Crippen LogP contribution in [0.4, 0.5) is 0 Å². The maximum Gasteiger partial charge on any atom is 0.123 e. The Morgan fingerprint density at radius 1 is 1.04 bits per heavy atom. The maximum absolute atomic E-state index is 9.24. The molecule has 0 aromatic carbocycles. The maximum atomic E-state index is 9.24. The predicted molar refractivity (Wildman–Crippen MR) is 101 cm³/mol. The summed E-state index contributed by atoms with van der Waals surface area (Å²) in [6.45, 7) is 3.71. The molecule has 0 unspecified atom stereocenters. The molecule has 1 N–H and O–H groups in total. The number of hydrogen-bond donors (Lipinski definition) is 1. The molecular formula is C18H20N4OS2. The van der Waals surface area contributed by atoms with Gasteiger partial charge in [-0.3, -0.25) is 0 Å². The van der Waals surface area contributed by atoms with Gasteiger partial charge in [-0.15, -0.1) is 27.8 Å². The molecule has 0 saturated carbocycles. The van der Waals surface area contributed by atoms with Crippen LogP contribution in [0.25, 0.3) is 20.3 Å². The van der Waals surface area contributed by atoms with Gasteiger partial charge in [-0.2, -0.15) is 0 Å². The Morgan fingerprint density at radius 2 is 1.80 bits per heavy atom. The molecule has 3 fully saturated rings. The monoisotopic (exact) mass is 372 g/mol. The van der Waals surface area contributed by atoms with E-state index in [1.54, 1.807) is 22.7 Å². The molecule has 2 bridgehead atoms. The van der Waals surface area contributed by atoms with Crippen LogP contribution in [-0.4, -0.2) is 44.6 Å². The molecule has 5 nitrogen and oxygen atoms in total. The van der Waals surface area contributed by atoms with Crippen LogP contribution < -0.4 is 0 Å². The Bertz CT molecular complexity index is 875. The third kappa shape index (κ3) is 2.85. The van der Waals surface area contributed by atoms with Crippen molar-refractivity contribution >= 4 is 22.7 Å². The molecule has 1 atom stereocenters. The van der Waals surface area contributed by atoms with Gasteiger partial charge in [0, 0.05) is 21.2 Å². The number of nitrogens with zero attached hydrogens (tertiary/aromatic N) is 4. The van der Waals surface area contributed by atoms with Crippen LogP contribution in [0, 0.1) is 5.92 Å². The van der Waals surface area contributed by atoms with Crippen molar-refractivity contribution in [1.29, 1.82) is 0 Å². The summed E-state index contributed by atoms with van der Waals surface area (Å²) in [6.07, 6.45) is 4.69. The van der Waals surface area contributed by atoms with Crippen molar-refractivity contribution in [1.82, 2.24) is 19.9 Å². The molecule has 3 aromatic rings. The first kappa shape index (κ1) is 15.7. The summed E-state index contributed by atoms with van der Waals surface area (Å²) in [5.74, 6) is 0.751. The summed E-state index contributed by atoms with van der Waals surface area (Å²) in [6, 6.07) is 8.82. The zero-order valence-electron chi connectivity index (χ0n) is 13.8. The van der Waals surface area contributed by atoms with Gasteiger partial charge in [0.25, 0.3) is 0 Å². The van der Waals surface area contributed by atoms with E-state index in [0.29, 0.717) is 6.04 Å². The van der Waals surface area contributed by atoms with Crippen molar-refractivity contribution in [3.8, 4) is 20.3 Å². The van der Waals surface area contributed by atoms with Crippen LogP contribution in [0.1, 0.15) is 23.8 Å². The highest BCUT2D eigenvalue weighted by atomic mass is 32.1. The Labute approximate surface area is 154 Å². The normalized spacial score (nSPS) is 25.6. The third-order valence-electron chi connectivity index (χ3n) is 5.39. The van der Waals surface area contributed by atoms with E-state index in [9.17, 15) is 5.11 Å². The van der Waals surface area contributed by atoms with E-state index < -0.39 is 0 Å². The topological polar surface area (TPSA) is 54.2 Å². The minimum atomic E-state index is 0.108. The van der Waals surface area contributed by atoms with Crippen molar-refractivity contribution in [2.75, 3.05) is 19.6 Å². The van der Waals surface area contributed by atoms with Crippen LogP contribution in [-0.2, 0) is 6.61 Å². The summed E-state index contributed by atoms with van der Waals surface area (Å²) in [7, 11) is 0. The number of rotatable bonds is 4. The number of thiophene rings is 2. The zero-order chi connectivity index (χ0) is 16.8. The number of piperidine rings is 3. The van der Waals surface area contributed by atoms with E-state index in [-0.39, 0.29) is 6.61 Å². The molecule has 3 aliphatic rings. The second-order valence-electron chi connectivity index (χ2n) is 6.88. The molecule has 6 rings (SSSR count). The zero-order valence-corrected chi connectivity index (χ0v) is 15.5. The van der Waals surface area contributed by atoms with Gasteiger partial charge in [0.1, 0.15) is 5.69 Å². The quantitative estimate of drug-likeness (QED) is 0.762. The molecule has 0 amide bonds. The van der Waals surface area contributed by atoms with Gasteiger partial charge in [0.2, 0.25) is 0 Å². The number of aliphatic hydroxyl groups is 1. The molecule has 3 saturated heterocycles. The van der Waals surface area contributed by atoms with Crippen LogP contribution in [0.2, 0.25) is 0 Å². The molecule has 0 aliphatic carbocycles. The summed E-state index contributed by atoms with van der Waals surface area (Å²) in [5, 5.41) is 18.1. The smallest absolute Gasteiger partial charge is 0.123 e. The van der Waals surface area contributed by atoms with E-state index in [4.69, 9.17) is 0 Å². The lowest BCUT2D eigenvalue weighted by Gasteiger charge is -2.44. The lowest BCUT2D eigenvalue weighted by Crippen LogP contribution is -2.48. The van der Waals surface area contributed by atoms with E-state index in [1.807, 2.05) is 6.07 Å². The Kier molecular flexibility index (Phi) is 3.97. The van der Waals surface area contributed by atoms with Gasteiger partial charge in [0.15, 0.2) is 0 Å². The predicted octanol–water partition coefficient (Wildman–Crippen LogP) is 3.49. The highest BCUT2D eigenvalue weighted by Crippen LogP contribution is 2.38. The van der Waals surface area contributed by atoms with Gasteiger partial charge in [-0.1, -0.05) is 5.21 Å². The van der Waals surface area contributed by atoms with Crippen LogP contribution >= 0.6 is 22.7 Å². The Balaban J connectivity index is 1.39. The van der Waals surface area contributed by atoms with Gasteiger partial charge in [0.05, 0.1) is 23.7 Å². The lowest BCUT2D eigenvalue weighted by atomic mass is 9.84. The first-order chi connectivity index (χ1) is 12.3. The Hall–Kier alpha value is -1.54. The van der Waals surface area contributed by atoms with Gasteiger partial charge in [-0.25, -0.2) is 4.68 Å². The molecule has 0 radical (unpaired) electrons. The van der Waals surface area contributed by atoms with Crippen molar-refractivity contribution in [2.24, 2.45) is 5.92 Å². The largest absolute Gasteiger partial charge is 0.391 e. The molecule has 3 aliphatic heterocycles. The number of hydrogen-bond acceptors (Lipinski definition) is 6. The molecule has 25 heavy (non-hydrogen) atoms.